The van der Waals surface area contributed by atoms with E-state index < -0.39 is 0 Å². The molecule has 1 heterocycles. The van der Waals surface area contributed by atoms with Gasteiger partial charge in [-0.2, -0.15) is 0 Å². The quantitative estimate of drug-likeness (QED) is 0.765. The number of likely N-dealkylation sites (tertiary alicyclic amines) is 1. The second kappa shape index (κ2) is 9.51. The number of benzene rings is 2. The van der Waals surface area contributed by atoms with Crippen molar-refractivity contribution < 1.29 is 9.59 Å². The van der Waals surface area contributed by atoms with E-state index in [4.69, 9.17) is 0 Å². The molecule has 1 unspecified atom stereocenters. The number of hydrogen-bond donors (Lipinski definition) is 1. The lowest BCUT2D eigenvalue weighted by Gasteiger charge is -2.33. The standard InChI is InChI=1S/C23H29N3O2/c1-3-14-24-23(28)19-9-11-20(12-10-19)25(2)22(18-7-5-4-6-8-18)17-26-15-13-21(27)16-26/h4-12,22H,3,13-17H2,1-2H3,(H,24,28). The first-order chi connectivity index (χ1) is 13.6. The molecule has 1 atom stereocenters. The summed E-state index contributed by atoms with van der Waals surface area (Å²) in [4.78, 5) is 28.3. The van der Waals surface area contributed by atoms with E-state index in [2.05, 4.69) is 34.3 Å². The van der Waals surface area contributed by atoms with E-state index >= 15 is 0 Å². The Morgan fingerprint density at radius 3 is 2.46 bits per heavy atom. The van der Waals surface area contributed by atoms with E-state index in [1.54, 1.807) is 0 Å². The summed E-state index contributed by atoms with van der Waals surface area (Å²) in [5.74, 6) is 0.281. The molecule has 1 fully saturated rings. The summed E-state index contributed by atoms with van der Waals surface area (Å²) in [5, 5.41) is 2.91. The average Bonchev–Trinajstić information content (AvgIpc) is 3.15. The molecule has 1 N–H and O–H groups in total. The first-order valence-corrected chi connectivity index (χ1v) is 9.98. The van der Waals surface area contributed by atoms with Crippen LogP contribution in [0.2, 0.25) is 0 Å². The predicted molar refractivity (Wildman–Crippen MR) is 113 cm³/mol. The van der Waals surface area contributed by atoms with Gasteiger partial charge < -0.3 is 10.2 Å². The van der Waals surface area contributed by atoms with Crippen LogP contribution in [0.25, 0.3) is 0 Å². The summed E-state index contributed by atoms with van der Waals surface area (Å²) >= 11 is 0. The molecule has 2 aromatic rings. The third-order valence-electron chi connectivity index (χ3n) is 5.26. The zero-order chi connectivity index (χ0) is 19.9. The van der Waals surface area contributed by atoms with Gasteiger partial charge in [0.2, 0.25) is 0 Å². The first-order valence-electron chi connectivity index (χ1n) is 9.98. The molecule has 0 spiro atoms. The van der Waals surface area contributed by atoms with Gasteiger partial charge >= 0.3 is 0 Å². The normalized spacial score (nSPS) is 15.4. The van der Waals surface area contributed by atoms with Crippen molar-refractivity contribution in [2.45, 2.75) is 25.8 Å². The van der Waals surface area contributed by atoms with E-state index in [0.29, 0.717) is 30.9 Å². The summed E-state index contributed by atoms with van der Waals surface area (Å²) in [5.41, 5.74) is 2.94. The van der Waals surface area contributed by atoms with Crippen LogP contribution in [-0.4, -0.2) is 49.8 Å². The van der Waals surface area contributed by atoms with Crippen LogP contribution in [0.15, 0.2) is 54.6 Å². The smallest absolute Gasteiger partial charge is 0.251 e. The molecular weight excluding hydrogens is 350 g/mol. The lowest BCUT2D eigenvalue weighted by molar-refractivity contribution is -0.116. The number of hydrogen-bond acceptors (Lipinski definition) is 4. The highest BCUT2D eigenvalue weighted by Gasteiger charge is 2.26. The van der Waals surface area contributed by atoms with E-state index in [9.17, 15) is 9.59 Å². The highest BCUT2D eigenvalue weighted by molar-refractivity contribution is 5.94. The van der Waals surface area contributed by atoms with Gasteiger partial charge in [0.15, 0.2) is 0 Å². The average molecular weight is 380 g/mol. The monoisotopic (exact) mass is 379 g/mol. The van der Waals surface area contributed by atoms with Crippen LogP contribution < -0.4 is 10.2 Å². The second-order valence-corrected chi connectivity index (χ2v) is 7.36. The molecule has 0 aromatic heterocycles. The number of rotatable bonds is 8. The molecule has 1 aliphatic rings. The minimum Gasteiger partial charge on any atom is -0.366 e. The molecule has 5 heteroatoms. The van der Waals surface area contributed by atoms with Crippen LogP contribution in [0, 0.1) is 0 Å². The molecule has 1 saturated heterocycles. The Kier molecular flexibility index (Phi) is 6.82. The number of Topliss-reactive ketones (excluding diaryl/α,β-unsaturated/α-hetero) is 1. The number of anilines is 1. The Hall–Kier alpha value is -2.66. The molecule has 2 aromatic carbocycles. The maximum absolute atomic E-state index is 12.1. The van der Waals surface area contributed by atoms with Gasteiger partial charge in [0.1, 0.15) is 5.78 Å². The predicted octanol–water partition coefficient (Wildman–Crippen LogP) is 3.28. The van der Waals surface area contributed by atoms with Gasteiger partial charge in [0.05, 0.1) is 12.6 Å². The zero-order valence-electron chi connectivity index (χ0n) is 16.7. The number of nitrogens with one attached hydrogen (secondary N) is 1. The molecule has 3 rings (SSSR count). The molecule has 0 radical (unpaired) electrons. The number of carbonyl (C=O) groups excluding carboxylic acids is 2. The summed E-state index contributed by atoms with van der Waals surface area (Å²) in [6, 6.07) is 18.2. The van der Waals surface area contributed by atoms with Gasteiger partial charge in [-0.15, -0.1) is 0 Å². The molecule has 0 saturated carbocycles. The number of ketones is 1. The third-order valence-corrected chi connectivity index (χ3v) is 5.26. The van der Waals surface area contributed by atoms with Crippen molar-refractivity contribution in [1.29, 1.82) is 0 Å². The lowest BCUT2D eigenvalue weighted by atomic mass is 10.0. The number of likely N-dealkylation sites (N-methyl/N-ethyl adjacent to an activating group) is 1. The Bertz CT molecular complexity index is 789. The van der Waals surface area contributed by atoms with Crippen molar-refractivity contribution >= 4 is 17.4 Å². The maximum Gasteiger partial charge on any atom is 0.251 e. The van der Waals surface area contributed by atoms with Crippen molar-refractivity contribution in [3.63, 3.8) is 0 Å². The van der Waals surface area contributed by atoms with Crippen LogP contribution in [0.5, 0.6) is 0 Å². The Morgan fingerprint density at radius 2 is 1.86 bits per heavy atom. The Labute approximate surface area is 167 Å². The van der Waals surface area contributed by atoms with Crippen molar-refractivity contribution in [2.24, 2.45) is 0 Å². The second-order valence-electron chi connectivity index (χ2n) is 7.36. The number of nitrogens with zero attached hydrogens (tertiary/aromatic N) is 2. The fraction of sp³-hybridized carbons (Fsp3) is 0.391. The van der Waals surface area contributed by atoms with Gasteiger partial charge in [-0.1, -0.05) is 37.3 Å². The summed E-state index contributed by atoms with van der Waals surface area (Å²) < 4.78 is 0. The van der Waals surface area contributed by atoms with Crippen molar-refractivity contribution in [3.8, 4) is 0 Å². The van der Waals surface area contributed by atoms with Crippen LogP contribution >= 0.6 is 0 Å². The topological polar surface area (TPSA) is 52.7 Å². The largest absolute Gasteiger partial charge is 0.366 e. The summed E-state index contributed by atoms with van der Waals surface area (Å²) in [6.07, 6.45) is 1.57. The molecule has 0 aliphatic carbocycles. The number of amides is 1. The highest BCUT2D eigenvalue weighted by atomic mass is 16.1. The van der Waals surface area contributed by atoms with Gasteiger partial charge in [0, 0.05) is 44.4 Å². The van der Waals surface area contributed by atoms with Crippen LogP contribution in [0.3, 0.4) is 0 Å². The lowest BCUT2D eigenvalue weighted by Crippen LogP contribution is -2.35. The summed E-state index contributed by atoms with van der Waals surface area (Å²) in [6.45, 7) is 4.88. The van der Waals surface area contributed by atoms with Gasteiger partial charge in [-0.25, -0.2) is 0 Å². The van der Waals surface area contributed by atoms with Gasteiger partial charge in [-0.05, 0) is 36.2 Å². The van der Waals surface area contributed by atoms with E-state index in [0.717, 1.165) is 25.2 Å². The Morgan fingerprint density at radius 1 is 1.14 bits per heavy atom. The summed E-state index contributed by atoms with van der Waals surface area (Å²) in [7, 11) is 2.07. The highest BCUT2D eigenvalue weighted by Crippen LogP contribution is 2.27. The van der Waals surface area contributed by atoms with Crippen LogP contribution in [0.1, 0.15) is 41.7 Å². The molecular formula is C23H29N3O2. The molecule has 1 amide bonds. The third kappa shape index (κ3) is 4.98. The fourth-order valence-corrected chi connectivity index (χ4v) is 3.59. The maximum atomic E-state index is 12.1. The first kappa shape index (κ1) is 20.1. The van der Waals surface area contributed by atoms with E-state index in [1.807, 2.05) is 49.4 Å². The van der Waals surface area contributed by atoms with Crippen molar-refractivity contribution in [2.75, 3.05) is 38.1 Å². The molecule has 1 aliphatic heterocycles. The fourth-order valence-electron chi connectivity index (χ4n) is 3.59. The number of carbonyl (C=O) groups is 2. The van der Waals surface area contributed by atoms with Gasteiger partial charge in [0.25, 0.3) is 5.91 Å². The Balaban J connectivity index is 1.77. The van der Waals surface area contributed by atoms with E-state index in [-0.39, 0.29) is 11.9 Å². The molecule has 28 heavy (non-hydrogen) atoms. The van der Waals surface area contributed by atoms with Gasteiger partial charge in [-0.3, -0.25) is 14.5 Å². The molecule has 0 bridgehead atoms. The van der Waals surface area contributed by atoms with Crippen LogP contribution in [-0.2, 0) is 4.79 Å². The van der Waals surface area contributed by atoms with Crippen LogP contribution in [0.4, 0.5) is 5.69 Å². The molecule has 5 nitrogen and oxygen atoms in total. The van der Waals surface area contributed by atoms with Crippen molar-refractivity contribution in [3.05, 3.63) is 65.7 Å². The minimum atomic E-state index is -0.0359. The zero-order valence-corrected chi connectivity index (χ0v) is 16.7. The molecule has 148 valence electrons. The SMILES string of the molecule is CCCNC(=O)c1ccc(N(C)C(CN2CCC(=O)C2)c2ccccc2)cc1. The van der Waals surface area contributed by atoms with Crippen molar-refractivity contribution in [1.82, 2.24) is 10.2 Å². The minimum absolute atomic E-state index is 0.0359. The van der Waals surface area contributed by atoms with E-state index in [1.165, 1.54) is 5.56 Å².